The second-order valence-electron chi connectivity index (χ2n) is 5.14. The normalized spacial score (nSPS) is 19.1. The Hall–Kier alpha value is -1.79. The van der Waals surface area contributed by atoms with E-state index in [-0.39, 0.29) is 16.7 Å². The Morgan fingerprint density at radius 3 is 2.64 bits per heavy atom. The third-order valence-corrected chi connectivity index (χ3v) is 4.03. The minimum atomic E-state index is -0.717. The zero-order valence-electron chi connectivity index (χ0n) is 11.6. The molecular formula is C15H14ClF2N3O. The molecule has 0 bridgehead atoms. The summed E-state index contributed by atoms with van der Waals surface area (Å²) in [6.07, 6.45) is 4.99. The molecule has 2 aromatic rings. The predicted octanol–water partition coefficient (Wildman–Crippen LogP) is 3.14. The van der Waals surface area contributed by atoms with Crippen LogP contribution in [0.3, 0.4) is 0 Å². The van der Waals surface area contributed by atoms with Gasteiger partial charge in [-0.25, -0.2) is 18.7 Å². The van der Waals surface area contributed by atoms with Crippen molar-refractivity contribution in [3.63, 3.8) is 0 Å². The number of hydrogen-bond donors (Lipinski definition) is 1. The van der Waals surface area contributed by atoms with E-state index in [1.807, 2.05) is 0 Å². The van der Waals surface area contributed by atoms with E-state index in [0.717, 1.165) is 25.1 Å². The molecule has 1 fully saturated rings. The van der Waals surface area contributed by atoms with Crippen molar-refractivity contribution in [2.45, 2.75) is 12.5 Å². The van der Waals surface area contributed by atoms with E-state index in [0.29, 0.717) is 12.1 Å². The van der Waals surface area contributed by atoms with Crippen molar-refractivity contribution in [1.29, 1.82) is 0 Å². The molecule has 22 heavy (non-hydrogen) atoms. The van der Waals surface area contributed by atoms with Crippen LogP contribution in [0.1, 0.15) is 18.1 Å². The number of ether oxygens (including phenoxy) is 1. The van der Waals surface area contributed by atoms with Gasteiger partial charge in [0.05, 0.1) is 0 Å². The molecule has 0 radical (unpaired) electrons. The van der Waals surface area contributed by atoms with Crippen LogP contribution in [0, 0.1) is 17.6 Å². The van der Waals surface area contributed by atoms with Crippen molar-refractivity contribution in [1.82, 2.24) is 15.3 Å². The first-order valence-corrected chi connectivity index (χ1v) is 7.30. The summed E-state index contributed by atoms with van der Waals surface area (Å²) in [6, 6.07) is 1.98. The van der Waals surface area contributed by atoms with Crippen LogP contribution in [-0.4, -0.2) is 23.1 Å². The first-order valence-electron chi connectivity index (χ1n) is 6.92. The van der Waals surface area contributed by atoms with Crippen LogP contribution in [0.5, 0.6) is 5.75 Å². The van der Waals surface area contributed by atoms with Gasteiger partial charge >= 0.3 is 0 Å². The smallest absolute Gasteiger partial charge is 0.177 e. The van der Waals surface area contributed by atoms with Gasteiger partial charge in [0.2, 0.25) is 0 Å². The summed E-state index contributed by atoms with van der Waals surface area (Å²) in [6.45, 7) is 1.56. The Morgan fingerprint density at radius 1 is 1.23 bits per heavy atom. The average molecular weight is 326 g/mol. The minimum absolute atomic E-state index is 0.102. The summed E-state index contributed by atoms with van der Waals surface area (Å²) in [5.41, 5.74) is 0.705. The van der Waals surface area contributed by atoms with Crippen molar-refractivity contribution >= 4 is 11.6 Å². The Bertz CT molecular complexity index is 651. The van der Waals surface area contributed by atoms with E-state index in [2.05, 4.69) is 15.3 Å². The Balaban J connectivity index is 1.95. The van der Waals surface area contributed by atoms with E-state index in [1.165, 1.54) is 6.33 Å². The maximum Gasteiger partial charge on any atom is 0.177 e. The quantitative estimate of drug-likeness (QED) is 0.877. The fourth-order valence-electron chi connectivity index (χ4n) is 2.57. The van der Waals surface area contributed by atoms with E-state index >= 15 is 0 Å². The lowest BCUT2D eigenvalue weighted by Gasteiger charge is -2.25. The second-order valence-corrected chi connectivity index (χ2v) is 5.51. The first-order chi connectivity index (χ1) is 10.7. The summed E-state index contributed by atoms with van der Waals surface area (Å²) in [4.78, 5) is 7.94. The highest BCUT2D eigenvalue weighted by Gasteiger charge is 2.30. The molecular weight excluding hydrogens is 312 g/mol. The number of nitrogens with one attached hydrogen (secondary N) is 1. The highest BCUT2D eigenvalue weighted by Crippen LogP contribution is 2.37. The average Bonchev–Trinajstić information content (AvgIpc) is 3.06. The van der Waals surface area contributed by atoms with Crippen LogP contribution in [0.4, 0.5) is 8.78 Å². The van der Waals surface area contributed by atoms with E-state index in [1.54, 1.807) is 12.4 Å². The lowest BCUT2D eigenvalue weighted by atomic mass is 9.96. The zero-order valence-corrected chi connectivity index (χ0v) is 12.4. The molecule has 2 atom stereocenters. The van der Waals surface area contributed by atoms with Crippen LogP contribution < -0.4 is 10.1 Å². The van der Waals surface area contributed by atoms with Crippen molar-refractivity contribution in [2.75, 3.05) is 13.1 Å². The molecule has 3 rings (SSSR count). The molecule has 4 nitrogen and oxygen atoms in total. The lowest BCUT2D eigenvalue weighted by molar-refractivity contribution is 0.137. The molecule has 1 unspecified atom stereocenters. The molecule has 1 N–H and O–H groups in total. The molecule has 1 aliphatic heterocycles. The van der Waals surface area contributed by atoms with Crippen LogP contribution in [0.25, 0.3) is 0 Å². The number of benzene rings is 1. The van der Waals surface area contributed by atoms with Gasteiger partial charge in [-0.1, -0.05) is 11.6 Å². The topological polar surface area (TPSA) is 47.0 Å². The van der Waals surface area contributed by atoms with Crippen molar-refractivity contribution < 1.29 is 13.5 Å². The highest BCUT2D eigenvalue weighted by atomic mass is 35.5. The summed E-state index contributed by atoms with van der Waals surface area (Å²) in [7, 11) is 0. The van der Waals surface area contributed by atoms with Crippen LogP contribution in [-0.2, 0) is 0 Å². The van der Waals surface area contributed by atoms with E-state index in [9.17, 15) is 8.78 Å². The molecule has 1 aromatic carbocycles. The van der Waals surface area contributed by atoms with Crippen molar-refractivity contribution in [2.24, 2.45) is 5.92 Å². The molecule has 1 aliphatic rings. The molecule has 2 heterocycles. The van der Waals surface area contributed by atoms with Gasteiger partial charge in [0.25, 0.3) is 0 Å². The number of halogens is 3. The molecule has 116 valence electrons. The van der Waals surface area contributed by atoms with Gasteiger partial charge < -0.3 is 10.1 Å². The van der Waals surface area contributed by atoms with Crippen LogP contribution >= 0.6 is 11.6 Å². The summed E-state index contributed by atoms with van der Waals surface area (Å²) in [5.74, 6) is -1.59. The molecule has 1 aromatic heterocycles. The molecule has 0 saturated carbocycles. The van der Waals surface area contributed by atoms with Gasteiger partial charge in [-0.3, -0.25) is 0 Å². The maximum absolute atomic E-state index is 14.0. The lowest BCUT2D eigenvalue weighted by Crippen LogP contribution is -2.22. The van der Waals surface area contributed by atoms with E-state index < -0.39 is 17.7 Å². The largest absolute Gasteiger partial charge is 0.481 e. The van der Waals surface area contributed by atoms with Gasteiger partial charge in [-0.2, -0.15) is 0 Å². The third kappa shape index (κ3) is 3.03. The number of nitrogens with zero attached hydrogens (tertiary/aromatic N) is 2. The predicted molar refractivity (Wildman–Crippen MR) is 77.7 cm³/mol. The van der Waals surface area contributed by atoms with Crippen LogP contribution in [0.15, 0.2) is 30.9 Å². The number of hydrogen-bond acceptors (Lipinski definition) is 4. The molecule has 0 spiro atoms. The molecule has 7 heteroatoms. The Kier molecular flexibility index (Phi) is 4.49. The molecule has 0 aliphatic carbocycles. The summed E-state index contributed by atoms with van der Waals surface area (Å²) >= 11 is 5.85. The zero-order chi connectivity index (χ0) is 15.5. The summed E-state index contributed by atoms with van der Waals surface area (Å²) in [5, 5.41) is 2.87. The second kappa shape index (κ2) is 6.54. The van der Waals surface area contributed by atoms with Gasteiger partial charge in [-0.05, 0) is 25.1 Å². The van der Waals surface area contributed by atoms with Gasteiger partial charge in [0.15, 0.2) is 11.6 Å². The van der Waals surface area contributed by atoms with Gasteiger partial charge in [0, 0.05) is 30.4 Å². The van der Waals surface area contributed by atoms with Crippen LogP contribution in [0.2, 0.25) is 5.02 Å². The van der Waals surface area contributed by atoms with Gasteiger partial charge in [0.1, 0.15) is 23.3 Å². The fourth-order valence-corrected chi connectivity index (χ4v) is 2.77. The first kappa shape index (κ1) is 15.1. The van der Waals surface area contributed by atoms with Gasteiger partial charge in [-0.15, -0.1) is 0 Å². The standard InChI is InChI=1S/C15H14ClF2N3O/c16-13-11(17)1-2-12(18)15(13)22-14(9-3-4-19-5-9)10-6-20-8-21-7-10/h1-2,6-9,14,19H,3-5H2/t9-,14?/m0/s1. The van der Waals surface area contributed by atoms with E-state index in [4.69, 9.17) is 16.3 Å². The van der Waals surface area contributed by atoms with Crippen molar-refractivity contribution in [3.05, 3.63) is 53.1 Å². The third-order valence-electron chi connectivity index (χ3n) is 3.68. The minimum Gasteiger partial charge on any atom is -0.481 e. The number of rotatable bonds is 4. The number of aromatic nitrogens is 2. The molecule has 0 amide bonds. The Morgan fingerprint density at radius 2 is 1.95 bits per heavy atom. The SMILES string of the molecule is Fc1ccc(F)c(OC(c2cncnc2)[C@H]2CCNC2)c1Cl. The maximum atomic E-state index is 14.0. The molecule has 1 saturated heterocycles. The Labute approximate surface area is 131 Å². The highest BCUT2D eigenvalue weighted by molar-refractivity contribution is 6.32. The monoisotopic (exact) mass is 325 g/mol. The van der Waals surface area contributed by atoms with Crippen molar-refractivity contribution in [3.8, 4) is 5.75 Å². The fraction of sp³-hybridized carbons (Fsp3) is 0.333. The summed E-state index contributed by atoms with van der Waals surface area (Å²) < 4.78 is 33.3.